The predicted octanol–water partition coefficient (Wildman–Crippen LogP) is 5.01. The molecule has 0 aliphatic carbocycles. The lowest BCUT2D eigenvalue weighted by molar-refractivity contribution is -0.145. The highest BCUT2D eigenvalue weighted by Gasteiger charge is 2.37. The lowest BCUT2D eigenvalue weighted by atomic mass is 10.0. The molecule has 0 aromatic heterocycles. The van der Waals surface area contributed by atoms with E-state index < -0.39 is 59.5 Å². The molecule has 0 fully saturated rings. The lowest BCUT2D eigenvalue weighted by Crippen LogP contribution is -2.43. The molecule has 1 N–H and O–H groups in total. The normalized spacial score (nSPS) is 17.4. The van der Waals surface area contributed by atoms with E-state index in [0.29, 0.717) is 24.1 Å². The SMILES string of the molecule is COC(=O)[C@@H]1Cc2ccc(c(C(=O)OCc3cc(C(F)(F)F)cc(C(F)(F)F)c3)c2)OC/C=C\CCC(=O)N1. The predicted molar refractivity (Wildman–Crippen MR) is 124 cm³/mol. The van der Waals surface area contributed by atoms with Crippen LogP contribution in [-0.2, 0) is 44.4 Å². The summed E-state index contributed by atoms with van der Waals surface area (Å²) < 4.78 is 94.3. The van der Waals surface area contributed by atoms with Gasteiger partial charge in [0, 0.05) is 12.8 Å². The van der Waals surface area contributed by atoms with Crippen molar-refractivity contribution >= 4 is 17.8 Å². The second kappa shape index (κ2) is 12.2. The zero-order valence-corrected chi connectivity index (χ0v) is 20.4. The van der Waals surface area contributed by atoms with Gasteiger partial charge in [-0.1, -0.05) is 18.2 Å². The zero-order valence-electron chi connectivity index (χ0n) is 20.4. The summed E-state index contributed by atoms with van der Waals surface area (Å²) in [6, 6.07) is 4.02. The number of benzene rings is 2. The number of fused-ring (bicyclic) bond motifs is 10. The summed E-state index contributed by atoms with van der Waals surface area (Å²) in [5, 5.41) is 2.56. The average molecular weight is 559 g/mol. The highest BCUT2D eigenvalue weighted by atomic mass is 19.4. The van der Waals surface area contributed by atoms with E-state index in [1.165, 1.54) is 18.2 Å². The second-order valence-corrected chi connectivity index (χ2v) is 8.49. The van der Waals surface area contributed by atoms with Crippen molar-refractivity contribution in [3.05, 3.63) is 76.4 Å². The molecule has 2 bridgehead atoms. The molecule has 39 heavy (non-hydrogen) atoms. The number of amides is 1. The fraction of sp³-hybridized carbons (Fsp3) is 0.346. The molecule has 0 radical (unpaired) electrons. The Labute approximate surface area is 218 Å². The third-order valence-electron chi connectivity index (χ3n) is 5.58. The molecule has 2 heterocycles. The monoisotopic (exact) mass is 559 g/mol. The van der Waals surface area contributed by atoms with Gasteiger partial charge in [0.05, 0.1) is 18.2 Å². The molecule has 0 saturated heterocycles. The zero-order chi connectivity index (χ0) is 28.8. The molecule has 4 rings (SSSR count). The third kappa shape index (κ3) is 8.23. The van der Waals surface area contributed by atoms with Gasteiger partial charge in [0.2, 0.25) is 5.91 Å². The molecule has 2 aromatic rings. The molecule has 2 aromatic carbocycles. The first-order valence-electron chi connectivity index (χ1n) is 11.5. The van der Waals surface area contributed by atoms with Crippen LogP contribution in [0.5, 0.6) is 5.75 Å². The number of alkyl halides is 6. The van der Waals surface area contributed by atoms with Crippen LogP contribution < -0.4 is 10.1 Å². The Morgan fingerprint density at radius 1 is 1.00 bits per heavy atom. The van der Waals surface area contributed by atoms with Crippen molar-refractivity contribution in [3.8, 4) is 5.75 Å². The molecular formula is C26H23F6NO6. The highest BCUT2D eigenvalue weighted by Crippen LogP contribution is 2.36. The van der Waals surface area contributed by atoms with Crippen molar-refractivity contribution in [3.63, 3.8) is 0 Å². The van der Waals surface area contributed by atoms with E-state index in [-0.39, 0.29) is 36.8 Å². The first kappa shape index (κ1) is 29.5. The third-order valence-corrected chi connectivity index (χ3v) is 5.58. The second-order valence-electron chi connectivity index (χ2n) is 8.49. The van der Waals surface area contributed by atoms with Crippen molar-refractivity contribution in [2.75, 3.05) is 13.7 Å². The summed E-state index contributed by atoms with van der Waals surface area (Å²) in [4.78, 5) is 37.3. The first-order valence-corrected chi connectivity index (χ1v) is 11.5. The molecule has 2 aliphatic heterocycles. The maximum absolute atomic E-state index is 13.2. The van der Waals surface area contributed by atoms with Gasteiger partial charge >= 0.3 is 24.3 Å². The quantitative estimate of drug-likeness (QED) is 0.322. The van der Waals surface area contributed by atoms with Crippen LogP contribution in [0.2, 0.25) is 0 Å². The van der Waals surface area contributed by atoms with Gasteiger partial charge < -0.3 is 19.5 Å². The minimum atomic E-state index is -5.06. The topological polar surface area (TPSA) is 90.9 Å². The largest absolute Gasteiger partial charge is 0.489 e. The van der Waals surface area contributed by atoms with Gasteiger partial charge in [-0.05, 0) is 47.9 Å². The molecular weight excluding hydrogens is 536 g/mol. The maximum Gasteiger partial charge on any atom is 0.416 e. The van der Waals surface area contributed by atoms with Gasteiger partial charge in [0.25, 0.3) is 0 Å². The van der Waals surface area contributed by atoms with Gasteiger partial charge in [0.1, 0.15) is 30.6 Å². The average Bonchev–Trinajstić information content (AvgIpc) is 2.87. The Kier molecular flexibility index (Phi) is 9.25. The van der Waals surface area contributed by atoms with Crippen LogP contribution in [0.1, 0.15) is 45.5 Å². The number of hydrogen-bond donors (Lipinski definition) is 1. The molecule has 1 atom stereocenters. The summed E-state index contributed by atoms with van der Waals surface area (Å²) in [6.07, 6.45) is -6.53. The number of carbonyl (C=O) groups excluding carboxylic acids is 3. The van der Waals surface area contributed by atoms with Crippen molar-refractivity contribution in [1.29, 1.82) is 0 Å². The highest BCUT2D eigenvalue weighted by molar-refractivity contribution is 5.93. The van der Waals surface area contributed by atoms with Crippen molar-refractivity contribution in [2.45, 2.75) is 44.3 Å². The van der Waals surface area contributed by atoms with Gasteiger partial charge in [-0.15, -0.1) is 0 Å². The van der Waals surface area contributed by atoms with Crippen molar-refractivity contribution in [1.82, 2.24) is 5.32 Å². The smallest absolute Gasteiger partial charge is 0.416 e. The Bertz CT molecular complexity index is 1220. The minimum absolute atomic E-state index is 0.00536. The van der Waals surface area contributed by atoms with Crippen molar-refractivity contribution in [2.24, 2.45) is 0 Å². The Morgan fingerprint density at radius 3 is 2.28 bits per heavy atom. The molecule has 0 unspecified atom stereocenters. The number of methoxy groups -OCH3 is 1. The molecule has 7 nitrogen and oxygen atoms in total. The summed E-state index contributed by atoms with van der Waals surface area (Å²) in [5.41, 5.74) is -3.42. The molecule has 2 aliphatic rings. The molecule has 0 spiro atoms. The summed E-state index contributed by atoms with van der Waals surface area (Å²) in [7, 11) is 1.14. The maximum atomic E-state index is 13.2. The van der Waals surface area contributed by atoms with E-state index in [0.717, 1.165) is 7.11 Å². The van der Waals surface area contributed by atoms with E-state index in [4.69, 9.17) is 14.2 Å². The fourth-order valence-electron chi connectivity index (χ4n) is 3.69. The standard InChI is InChI=1S/C26H23F6NO6/c1-37-24(36)20-12-15-6-7-21(38-8-4-2-3-5-22(34)33-20)19(11-15)23(35)39-14-16-9-17(25(27,28)29)13-18(10-16)26(30,31)32/h2,4,6-7,9-11,13,20H,3,5,8,12,14H2,1H3,(H,33,34)/b4-2-/t20-/m0/s1. The number of rotatable bonds is 4. The summed E-state index contributed by atoms with van der Waals surface area (Å²) in [5.74, 6) is -2.21. The molecule has 210 valence electrons. The van der Waals surface area contributed by atoms with E-state index in [1.807, 2.05) is 0 Å². The fourth-order valence-corrected chi connectivity index (χ4v) is 3.69. The number of esters is 2. The molecule has 0 saturated carbocycles. The lowest BCUT2D eigenvalue weighted by Gasteiger charge is -2.18. The van der Waals surface area contributed by atoms with E-state index in [1.54, 1.807) is 12.2 Å². The van der Waals surface area contributed by atoms with Gasteiger partial charge in [-0.3, -0.25) is 4.79 Å². The Balaban J connectivity index is 1.91. The van der Waals surface area contributed by atoms with Gasteiger partial charge in [-0.25, -0.2) is 9.59 Å². The van der Waals surface area contributed by atoms with E-state index >= 15 is 0 Å². The number of carbonyl (C=O) groups is 3. The van der Waals surface area contributed by atoms with E-state index in [2.05, 4.69) is 5.32 Å². The van der Waals surface area contributed by atoms with E-state index in [9.17, 15) is 40.7 Å². The number of hydrogen-bond acceptors (Lipinski definition) is 6. The van der Waals surface area contributed by atoms with Gasteiger partial charge in [-0.2, -0.15) is 26.3 Å². The first-order chi connectivity index (χ1) is 18.3. The Hall–Kier alpha value is -4.03. The number of ether oxygens (including phenoxy) is 3. The van der Waals surface area contributed by atoms with Crippen LogP contribution in [0, 0.1) is 0 Å². The molecule has 1 amide bonds. The minimum Gasteiger partial charge on any atom is -0.489 e. The number of allylic oxidation sites excluding steroid dienone is 1. The van der Waals surface area contributed by atoms with Crippen LogP contribution in [-0.4, -0.2) is 37.6 Å². The number of halogens is 6. The Morgan fingerprint density at radius 2 is 1.67 bits per heavy atom. The van der Waals surface area contributed by atoms with Crippen LogP contribution in [0.4, 0.5) is 26.3 Å². The molecule has 13 heteroatoms. The number of nitrogens with one attached hydrogen (secondary N) is 1. The van der Waals surface area contributed by atoms with Crippen LogP contribution in [0.3, 0.4) is 0 Å². The van der Waals surface area contributed by atoms with Crippen LogP contribution >= 0.6 is 0 Å². The van der Waals surface area contributed by atoms with Crippen LogP contribution in [0.25, 0.3) is 0 Å². The summed E-state index contributed by atoms with van der Waals surface area (Å²) in [6.45, 7) is -0.898. The summed E-state index contributed by atoms with van der Waals surface area (Å²) >= 11 is 0. The van der Waals surface area contributed by atoms with Crippen LogP contribution in [0.15, 0.2) is 48.6 Å². The van der Waals surface area contributed by atoms with Gasteiger partial charge in [0.15, 0.2) is 0 Å². The van der Waals surface area contributed by atoms with Crippen molar-refractivity contribution < 1.29 is 54.9 Å².